The monoisotopic (exact) mass is 306 g/mol. The van der Waals surface area contributed by atoms with E-state index in [1.54, 1.807) is 36.7 Å². The molecule has 0 atom stereocenters. The Labute approximate surface area is 127 Å². The maximum Gasteiger partial charge on any atom is 0.356 e. The number of carboxylic acids is 1. The van der Waals surface area contributed by atoms with Gasteiger partial charge in [-0.3, -0.25) is 4.68 Å². The number of aromatic nitrogens is 2. The molecule has 0 unspecified atom stereocenters. The van der Waals surface area contributed by atoms with E-state index in [4.69, 9.17) is 9.84 Å². The Morgan fingerprint density at radius 1 is 1.43 bits per heavy atom. The molecule has 6 heteroatoms. The molecule has 1 heterocycles. The molecule has 2 rings (SSSR count). The summed E-state index contributed by atoms with van der Waals surface area (Å²) >= 11 is 1.67. The molecule has 0 saturated carbocycles. The van der Waals surface area contributed by atoms with Crippen molar-refractivity contribution in [1.29, 1.82) is 0 Å². The molecule has 1 aromatic carbocycles. The molecule has 0 spiro atoms. The molecule has 0 aliphatic heterocycles. The molecule has 0 aliphatic carbocycles. The lowest BCUT2D eigenvalue weighted by atomic mass is 10.1. The predicted octanol–water partition coefficient (Wildman–Crippen LogP) is 3.08. The normalized spacial score (nSPS) is 10.7. The number of hydrogen-bond acceptors (Lipinski definition) is 4. The van der Waals surface area contributed by atoms with Gasteiger partial charge < -0.3 is 9.84 Å². The summed E-state index contributed by atoms with van der Waals surface area (Å²) in [5, 5.41) is 13.1. The van der Waals surface area contributed by atoms with Crippen molar-refractivity contribution < 1.29 is 14.6 Å². The highest BCUT2D eigenvalue weighted by atomic mass is 32.2. The molecule has 0 bridgehead atoms. The fourth-order valence-corrected chi connectivity index (χ4v) is 2.96. The van der Waals surface area contributed by atoms with E-state index in [1.165, 1.54) is 5.56 Å². The number of thioether (sulfide) groups is 1. The van der Waals surface area contributed by atoms with Crippen molar-refractivity contribution in [3.8, 4) is 17.0 Å². The average molecular weight is 306 g/mol. The lowest BCUT2D eigenvalue weighted by molar-refractivity contribution is 0.0689. The van der Waals surface area contributed by atoms with Gasteiger partial charge in [-0.05, 0) is 36.4 Å². The molecule has 0 aliphatic rings. The highest BCUT2D eigenvalue weighted by molar-refractivity contribution is 7.98. The number of hydrogen-bond donors (Lipinski definition) is 1. The average Bonchev–Trinajstić information content (AvgIpc) is 2.87. The smallest absolute Gasteiger partial charge is 0.356 e. The molecule has 1 N–H and O–H groups in total. The molecule has 2 aromatic rings. The van der Waals surface area contributed by atoms with Crippen molar-refractivity contribution in [2.45, 2.75) is 18.2 Å². The molecule has 0 saturated heterocycles. The van der Waals surface area contributed by atoms with E-state index in [9.17, 15) is 4.79 Å². The minimum atomic E-state index is -1.04. The van der Waals surface area contributed by atoms with Crippen LogP contribution in [0, 0.1) is 0 Å². The molecule has 112 valence electrons. The van der Waals surface area contributed by atoms with E-state index in [0.717, 1.165) is 28.3 Å². The first-order chi connectivity index (χ1) is 10.0. The van der Waals surface area contributed by atoms with E-state index in [-0.39, 0.29) is 5.69 Å². The zero-order valence-electron chi connectivity index (χ0n) is 12.5. The Morgan fingerprint density at radius 3 is 2.62 bits per heavy atom. The number of methoxy groups -OCH3 is 1. The molecule has 21 heavy (non-hydrogen) atoms. The number of carboxylic acid groups (broad SMARTS) is 1. The highest BCUT2D eigenvalue weighted by Crippen LogP contribution is 2.36. The number of aromatic carboxylic acids is 1. The molecular weight excluding hydrogens is 288 g/mol. The van der Waals surface area contributed by atoms with Gasteiger partial charge in [0.1, 0.15) is 5.75 Å². The fraction of sp³-hybridized carbons (Fsp3) is 0.333. The lowest BCUT2D eigenvalue weighted by Crippen LogP contribution is -2.00. The van der Waals surface area contributed by atoms with E-state index in [2.05, 4.69) is 12.0 Å². The largest absolute Gasteiger partial charge is 0.496 e. The summed E-state index contributed by atoms with van der Waals surface area (Å²) in [6, 6.07) is 5.61. The SMILES string of the molecule is CCc1cc(OC)c(-c2cc(C(=O)O)nn2C)cc1SC. The molecule has 0 fully saturated rings. The number of nitrogens with zero attached hydrogens (tertiary/aromatic N) is 2. The summed E-state index contributed by atoms with van der Waals surface area (Å²) in [7, 11) is 3.35. The quantitative estimate of drug-likeness (QED) is 0.860. The minimum Gasteiger partial charge on any atom is -0.496 e. The van der Waals surface area contributed by atoms with Crippen LogP contribution in [0.3, 0.4) is 0 Å². The standard InChI is InChI=1S/C15H18N2O3S/c1-5-9-6-13(20-3)10(7-14(9)21-4)12-8-11(15(18)19)16-17(12)2/h6-8H,5H2,1-4H3,(H,18,19). The third-order valence-corrected chi connectivity index (χ3v) is 4.18. The Bertz CT molecular complexity index is 680. The third-order valence-electron chi connectivity index (χ3n) is 3.36. The molecular formula is C15H18N2O3S. The molecule has 0 amide bonds. The summed E-state index contributed by atoms with van der Waals surface area (Å²) < 4.78 is 7.04. The van der Waals surface area contributed by atoms with Crippen LogP contribution in [0.1, 0.15) is 23.0 Å². The van der Waals surface area contributed by atoms with Crippen LogP contribution >= 0.6 is 11.8 Å². The number of aryl methyl sites for hydroxylation is 2. The van der Waals surface area contributed by atoms with E-state index >= 15 is 0 Å². The van der Waals surface area contributed by atoms with Crippen LogP contribution in [0.25, 0.3) is 11.3 Å². The van der Waals surface area contributed by atoms with Crippen molar-refractivity contribution in [2.24, 2.45) is 7.05 Å². The summed E-state index contributed by atoms with van der Waals surface area (Å²) in [6.45, 7) is 2.10. The van der Waals surface area contributed by atoms with Crippen LogP contribution in [-0.2, 0) is 13.5 Å². The third kappa shape index (κ3) is 2.90. The first-order valence-corrected chi connectivity index (χ1v) is 7.76. The van der Waals surface area contributed by atoms with Gasteiger partial charge in [-0.1, -0.05) is 6.92 Å². The Morgan fingerprint density at radius 2 is 2.14 bits per heavy atom. The van der Waals surface area contributed by atoms with E-state index in [0.29, 0.717) is 0 Å². The summed E-state index contributed by atoms with van der Waals surface area (Å²) in [6.07, 6.45) is 2.94. The lowest BCUT2D eigenvalue weighted by Gasteiger charge is -2.14. The molecule has 0 radical (unpaired) electrons. The first-order valence-electron chi connectivity index (χ1n) is 6.54. The van der Waals surface area contributed by atoms with Gasteiger partial charge in [-0.25, -0.2) is 4.79 Å². The Balaban J connectivity index is 2.64. The Kier molecular flexibility index (Phi) is 4.57. The van der Waals surface area contributed by atoms with Crippen molar-refractivity contribution in [3.63, 3.8) is 0 Å². The second-order valence-electron chi connectivity index (χ2n) is 4.56. The van der Waals surface area contributed by atoms with Gasteiger partial charge in [0, 0.05) is 17.5 Å². The van der Waals surface area contributed by atoms with Gasteiger partial charge in [0.15, 0.2) is 5.69 Å². The molecule has 5 nitrogen and oxygen atoms in total. The van der Waals surface area contributed by atoms with Gasteiger partial charge >= 0.3 is 5.97 Å². The van der Waals surface area contributed by atoms with Gasteiger partial charge in [-0.2, -0.15) is 5.10 Å². The second-order valence-corrected chi connectivity index (χ2v) is 5.41. The first kappa shape index (κ1) is 15.4. The van der Waals surface area contributed by atoms with Crippen molar-refractivity contribution in [3.05, 3.63) is 29.5 Å². The minimum absolute atomic E-state index is 0.0276. The van der Waals surface area contributed by atoms with Crippen molar-refractivity contribution in [2.75, 3.05) is 13.4 Å². The van der Waals surface area contributed by atoms with Crippen LogP contribution in [0.15, 0.2) is 23.1 Å². The van der Waals surface area contributed by atoms with Crippen molar-refractivity contribution >= 4 is 17.7 Å². The predicted molar refractivity (Wildman–Crippen MR) is 83.3 cm³/mol. The Hall–Kier alpha value is -1.95. The maximum absolute atomic E-state index is 11.1. The van der Waals surface area contributed by atoms with Gasteiger partial charge in [0.2, 0.25) is 0 Å². The highest BCUT2D eigenvalue weighted by Gasteiger charge is 2.17. The number of ether oxygens (including phenoxy) is 1. The summed E-state index contributed by atoms with van der Waals surface area (Å²) in [5.41, 5.74) is 2.81. The number of rotatable bonds is 5. The number of benzene rings is 1. The zero-order chi connectivity index (χ0) is 15.6. The summed E-state index contributed by atoms with van der Waals surface area (Å²) in [4.78, 5) is 12.2. The van der Waals surface area contributed by atoms with Gasteiger partial charge in [0.05, 0.1) is 12.8 Å². The topological polar surface area (TPSA) is 64.3 Å². The van der Waals surface area contributed by atoms with Crippen LogP contribution in [0.4, 0.5) is 0 Å². The van der Waals surface area contributed by atoms with Crippen LogP contribution in [0.5, 0.6) is 5.75 Å². The maximum atomic E-state index is 11.1. The summed E-state index contributed by atoms with van der Waals surface area (Å²) in [5.74, 6) is -0.310. The number of carbonyl (C=O) groups is 1. The van der Waals surface area contributed by atoms with Crippen molar-refractivity contribution in [1.82, 2.24) is 9.78 Å². The fourth-order valence-electron chi connectivity index (χ4n) is 2.26. The zero-order valence-corrected chi connectivity index (χ0v) is 13.3. The van der Waals surface area contributed by atoms with Crippen LogP contribution < -0.4 is 4.74 Å². The van der Waals surface area contributed by atoms with Gasteiger partial charge in [-0.15, -0.1) is 11.8 Å². The van der Waals surface area contributed by atoms with Gasteiger partial charge in [0.25, 0.3) is 0 Å². The van der Waals surface area contributed by atoms with E-state index in [1.807, 2.05) is 18.4 Å². The van der Waals surface area contributed by atoms with E-state index < -0.39 is 5.97 Å². The van der Waals surface area contributed by atoms with Crippen LogP contribution in [-0.4, -0.2) is 34.2 Å². The molecule has 1 aromatic heterocycles. The van der Waals surface area contributed by atoms with Crippen LogP contribution in [0.2, 0.25) is 0 Å². The second kappa shape index (κ2) is 6.22.